The quantitative estimate of drug-likeness (QED) is 0.661. The Morgan fingerprint density at radius 3 is 3.36 bits per heavy atom. The largest absolute Gasteiger partial charge is 0.356 e. The molecular formula is C11H13N3. The molecule has 0 aromatic carbocycles. The number of hydrogen-bond donors (Lipinski definition) is 2. The molecule has 0 spiro atoms. The number of H-pyrrole nitrogens is 1. The van der Waals surface area contributed by atoms with Crippen LogP contribution >= 0.6 is 0 Å². The summed E-state index contributed by atoms with van der Waals surface area (Å²) in [5.74, 6) is 0. The summed E-state index contributed by atoms with van der Waals surface area (Å²) in [5.41, 5.74) is 9.80. The fourth-order valence-corrected chi connectivity index (χ4v) is 2.35. The van der Waals surface area contributed by atoms with Gasteiger partial charge in [0.05, 0.1) is 11.7 Å². The van der Waals surface area contributed by atoms with Gasteiger partial charge in [0.25, 0.3) is 0 Å². The Morgan fingerprint density at radius 1 is 1.50 bits per heavy atom. The molecule has 3 heteroatoms. The molecule has 0 radical (unpaired) electrons. The number of aromatic amines is 1. The number of pyridine rings is 1. The van der Waals surface area contributed by atoms with Crippen LogP contribution in [-0.2, 0) is 6.42 Å². The van der Waals surface area contributed by atoms with Crippen molar-refractivity contribution in [3.8, 4) is 0 Å². The maximum Gasteiger partial charge on any atom is 0.0645 e. The minimum absolute atomic E-state index is 0.186. The number of fused-ring (bicyclic) bond motifs is 3. The van der Waals surface area contributed by atoms with E-state index < -0.39 is 0 Å². The summed E-state index contributed by atoms with van der Waals surface area (Å²) in [7, 11) is 0. The van der Waals surface area contributed by atoms with Gasteiger partial charge in [-0.15, -0.1) is 0 Å². The van der Waals surface area contributed by atoms with E-state index in [1.807, 2.05) is 12.4 Å². The summed E-state index contributed by atoms with van der Waals surface area (Å²) >= 11 is 0. The van der Waals surface area contributed by atoms with E-state index in [9.17, 15) is 0 Å². The number of nitrogens with zero attached hydrogens (tertiary/aromatic N) is 1. The fraction of sp³-hybridized carbons (Fsp3) is 0.364. The average molecular weight is 187 g/mol. The lowest BCUT2D eigenvalue weighted by molar-refractivity contribution is 0.562. The van der Waals surface area contributed by atoms with Crippen LogP contribution in [0.25, 0.3) is 10.9 Å². The van der Waals surface area contributed by atoms with Gasteiger partial charge in [0.2, 0.25) is 0 Å². The minimum Gasteiger partial charge on any atom is -0.356 e. The highest BCUT2D eigenvalue weighted by atomic mass is 14.8. The molecule has 2 heterocycles. The number of aryl methyl sites for hydroxylation is 1. The standard InChI is InChI=1S/C11H13N3/c12-9-3-1-2-8-7-4-5-13-6-10(7)14-11(8)9/h4-6,9,14H,1-3,12H2. The molecule has 3 rings (SSSR count). The van der Waals surface area contributed by atoms with Gasteiger partial charge in [0.1, 0.15) is 0 Å². The highest BCUT2D eigenvalue weighted by Gasteiger charge is 2.20. The Labute approximate surface area is 82.3 Å². The molecule has 0 amide bonds. The predicted molar refractivity (Wildman–Crippen MR) is 56.0 cm³/mol. The first-order chi connectivity index (χ1) is 6.86. The van der Waals surface area contributed by atoms with Crippen LogP contribution in [-0.4, -0.2) is 9.97 Å². The van der Waals surface area contributed by atoms with Gasteiger partial charge in [-0.1, -0.05) is 0 Å². The smallest absolute Gasteiger partial charge is 0.0645 e. The molecule has 0 saturated carbocycles. The van der Waals surface area contributed by atoms with Crippen molar-refractivity contribution in [2.75, 3.05) is 0 Å². The molecule has 0 fully saturated rings. The van der Waals surface area contributed by atoms with E-state index in [0.717, 1.165) is 18.4 Å². The number of aromatic nitrogens is 2. The summed E-state index contributed by atoms with van der Waals surface area (Å²) in [6, 6.07) is 2.26. The Balaban J connectivity index is 2.32. The number of rotatable bonds is 0. The maximum atomic E-state index is 6.06. The monoisotopic (exact) mass is 187 g/mol. The second-order valence-electron chi connectivity index (χ2n) is 3.94. The van der Waals surface area contributed by atoms with Gasteiger partial charge in [-0.25, -0.2) is 0 Å². The number of hydrogen-bond acceptors (Lipinski definition) is 2. The molecule has 3 N–H and O–H groups in total. The molecule has 1 aliphatic carbocycles. The first-order valence-corrected chi connectivity index (χ1v) is 5.06. The van der Waals surface area contributed by atoms with Crippen molar-refractivity contribution in [2.24, 2.45) is 5.73 Å². The zero-order valence-electron chi connectivity index (χ0n) is 7.96. The Bertz CT molecular complexity index is 472. The van der Waals surface area contributed by atoms with Gasteiger partial charge in [-0.05, 0) is 30.9 Å². The molecule has 1 atom stereocenters. The number of nitrogens with two attached hydrogens (primary N) is 1. The van der Waals surface area contributed by atoms with E-state index in [-0.39, 0.29) is 6.04 Å². The highest BCUT2D eigenvalue weighted by molar-refractivity contribution is 5.84. The van der Waals surface area contributed by atoms with Crippen molar-refractivity contribution in [3.05, 3.63) is 29.7 Å². The van der Waals surface area contributed by atoms with Gasteiger partial charge >= 0.3 is 0 Å². The molecule has 72 valence electrons. The zero-order valence-corrected chi connectivity index (χ0v) is 7.96. The van der Waals surface area contributed by atoms with Crippen molar-refractivity contribution in [1.29, 1.82) is 0 Å². The molecule has 0 saturated heterocycles. The normalized spacial score (nSPS) is 21.1. The van der Waals surface area contributed by atoms with Gasteiger partial charge in [-0.3, -0.25) is 4.98 Å². The molecule has 1 unspecified atom stereocenters. The van der Waals surface area contributed by atoms with Crippen LogP contribution in [0.3, 0.4) is 0 Å². The Hall–Kier alpha value is -1.35. The van der Waals surface area contributed by atoms with Crippen LogP contribution in [0.2, 0.25) is 0 Å². The second-order valence-corrected chi connectivity index (χ2v) is 3.94. The number of nitrogens with one attached hydrogen (secondary N) is 1. The fourth-order valence-electron chi connectivity index (χ4n) is 2.35. The summed E-state index contributed by atoms with van der Waals surface area (Å²) in [6.45, 7) is 0. The summed E-state index contributed by atoms with van der Waals surface area (Å²) in [6.07, 6.45) is 7.15. The molecule has 2 aromatic rings. The van der Waals surface area contributed by atoms with Crippen LogP contribution in [0.5, 0.6) is 0 Å². The lowest BCUT2D eigenvalue weighted by Gasteiger charge is -2.18. The third kappa shape index (κ3) is 0.990. The molecule has 0 aliphatic heterocycles. The lowest BCUT2D eigenvalue weighted by Crippen LogP contribution is -2.16. The third-order valence-corrected chi connectivity index (χ3v) is 3.05. The van der Waals surface area contributed by atoms with Crippen LogP contribution < -0.4 is 5.73 Å². The third-order valence-electron chi connectivity index (χ3n) is 3.05. The van der Waals surface area contributed by atoms with E-state index in [1.165, 1.54) is 23.1 Å². The molecular weight excluding hydrogens is 174 g/mol. The SMILES string of the molecule is NC1CCCc2c1[nH]c1cnccc21. The molecule has 0 bridgehead atoms. The van der Waals surface area contributed by atoms with E-state index in [1.54, 1.807) is 0 Å². The van der Waals surface area contributed by atoms with Crippen LogP contribution in [0.1, 0.15) is 30.1 Å². The average Bonchev–Trinajstić information content (AvgIpc) is 2.59. The van der Waals surface area contributed by atoms with Crippen molar-refractivity contribution in [3.63, 3.8) is 0 Å². The van der Waals surface area contributed by atoms with E-state index in [4.69, 9.17) is 5.73 Å². The van der Waals surface area contributed by atoms with E-state index in [2.05, 4.69) is 16.0 Å². The van der Waals surface area contributed by atoms with Gasteiger partial charge in [0.15, 0.2) is 0 Å². The molecule has 14 heavy (non-hydrogen) atoms. The van der Waals surface area contributed by atoms with Gasteiger partial charge < -0.3 is 10.7 Å². The highest BCUT2D eigenvalue weighted by Crippen LogP contribution is 2.32. The zero-order chi connectivity index (χ0) is 9.54. The minimum atomic E-state index is 0.186. The first kappa shape index (κ1) is 8.00. The lowest BCUT2D eigenvalue weighted by atomic mass is 9.92. The summed E-state index contributed by atoms with van der Waals surface area (Å²) in [4.78, 5) is 7.49. The van der Waals surface area contributed by atoms with Crippen molar-refractivity contribution < 1.29 is 0 Å². The molecule has 1 aliphatic rings. The Kier molecular flexibility index (Phi) is 1.61. The maximum absolute atomic E-state index is 6.06. The Morgan fingerprint density at radius 2 is 2.43 bits per heavy atom. The molecule has 2 aromatic heterocycles. The van der Waals surface area contributed by atoms with Crippen LogP contribution in [0.4, 0.5) is 0 Å². The topological polar surface area (TPSA) is 54.7 Å². The van der Waals surface area contributed by atoms with Crippen molar-refractivity contribution in [1.82, 2.24) is 9.97 Å². The van der Waals surface area contributed by atoms with Gasteiger partial charge in [-0.2, -0.15) is 0 Å². The van der Waals surface area contributed by atoms with E-state index >= 15 is 0 Å². The van der Waals surface area contributed by atoms with E-state index in [0.29, 0.717) is 0 Å². The van der Waals surface area contributed by atoms with Crippen LogP contribution in [0.15, 0.2) is 18.5 Å². The predicted octanol–water partition coefficient (Wildman–Crippen LogP) is 1.90. The van der Waals surface area contributed by atoms with Gasteiger partial charge in [0, 0.05) is 23.3 Å². The first-order valence-electron chi connectivity index (χ1n) is 5.06. The summed E-state index contributed by atoms with van der Waals surface area (Å²) < 4.78 is 0. The summed E-state index contributed by atoms with van der Waals surface area (Å²) in [5, 5.41) is 1.30. The molecule has 3 nitrogen and oxygen atoms in total. The van der Waals surface area contributed by atoms with Crippen molar-refractivity contribution in [2.45, 2.75) is 25.3 Å². The van der Waals surface area contributed by atoms with Crippen molar-refractivity contribution >= 4 is 10.9 Å². The van der Waals surface area contributed by atoms with Crippen LogP contribution in [0, 0.1) is 0 Å². The second kappa shape index (κ2) is 2.82.